The molecule has 29 heavy (non-hydrogen) atoms. The Bertz CT molecular complexity index is 1130. The fourth-order valence-corrected chi connectivity index (χ4v) is 2.85. The van der Waals surface area contributed by atoms with Gasteiger partial charge < -0.3 is 10.6 Å². The van der Waals surface area contributed by atoms with Gasteiger partial charge >= 0.3 is 0 Å². The lowest BCUT2D eigenvalue weighted by Gasteiger charge is -2.11. The van der Waals surface area contributed by atoms with Gasteiger partial charge in [-0.3, -0.25) is 9.78 Å². The third-order valence-corrected chi connectivity index (χ3v) is 4.41. The van der Waals surface area contributed by atoms with E-state index in [1.165, 1.54) is 0 Å². The lowest BCUT2D eigenvalue weighted by molar-refractivity contribution is 0.102. The summed E-state index contributed by atoms with van der Waals surface area (Å²) in [5, 5.41) is 6.12. The fourth-order valence-electron chi connectivity index (χ4n) is 2.85. The van der Waals surface area contributed by atoms with Crippen LogP contribution in [0.1, 0.15) is 15.9 Å². The number of carbonyl (C=O) groups excluding carboxylic acids is 1. The summed E-state index contributed by atoms with van der Waals surface area (Å²) in [4.78, 5) is 25.5. The van der Waals surface area contributed by atoms with E-state index < -0.39 is 0 Å². The van der Waals surface area contributed by atoms with Gasteiger partial charge in [0.2, 0.25) is 5.95 Å². The number of nitrogens with one attached hydrogen (secondary N) is 2. The highest BCUT2D eigenvalue weighted by Gasteiger charge is 2.10. The molecule has 0 aliphatic carbocycles. The van der Waals surface area contributed by atoms with Gasteiger partial charge in [0, 0.05) is 41.1 Å². The highest BCUT2D eigenvalue weighted by molar-refractivity contribution is 6.05. The van der Waals surface area contributed by atoms with E-state index in [0.29, 0.717) is 11.5 Å². The molecule has 2 N–H and O–H groups in total. The van der Waals surface area contributed by atoms with E-state index in [2.05, 4.69) is 25.6 Å². The third kappa shape index (κ3) is 4.44. The van der Waals surface area contributed by atoms with Crippen LogP contribution in [0.25, 0.3) is 11.3 Å². The Morgan fingerprint density at radius 3 is 2.48 bits per heavy atom. The number of aromatic nitrogens is 3. The van der Waals surface area contributed by atoms with Gasteiger partial charge in [0.1, 0.15) is 0 Å². The topological polar surface area (TPSA) is 79.8 Å². The zero-order chi connectivity index (χ0) is 20.1. The van der Waals surface area contributed by atoms with Crippen molar-refractivity contribution in [2.45, 2.75) is 6.92 Å². The maximum Gasteiger partial charge on any atom is 0.255 e. The molecule has 2 heterocycles. The number of hydrogen-bond acceptors (Lipinski definition) is 5. The standard InChI is InChI=1S/C23H19N5O/c1-16-7-8-18(22(29)26-19-5-3-2-4-6-19)15-21(16)28-23-25-14-11-20(27-23)17-9-12-24-13-10-17/h2-15H,1H3,(H,26,29)(H,25,27,28). The van der Waals surface area contributed by atoms with Gasteiger partial charge in [-0.25, -0.2) is 9.97 Å². The van der Waals surface area contributed by atoms with Crippen LogP contribution in [-0.2, 0) is 0 Å². The fraction of sp³-hybridized carbons (Fsp3) is 0.0435. The van der Waals surface area contributed by atoms with Gasteiger partial charge in [-0.2, -0.15) is 0 Å². The van der Waals surface area contributed by atoms with E-state index in [1.807, 2.05) is 61.5 Å². The van der Waals surface area contributed by atoms with Gasteiger partial charge in [0.15, 0.2) is 0 Å². The van der Waals surface area contributed by atoms with Gasteiger partial charge in [-0.05, 0) is 55.0 Å². The Morgan fingerprint density at radius 2 is 1.69 bits per heavy atom. The van der Waals surface area contributed by atoms with Crippen LogP contribution in [0, 0.1) is 6.92 Å². The van der Waals surface area contributed by atoms with Crippen LogP contribution >= 0.6 is 0 Å². The molecule has 6 heteroatoms. The Balaban J connectivity index is 1.56. The van der Waals surface area contributed by atoms with E-state index in [4.69, 9.17) is 0 Å². The maximum absolute atomic E-state index is 12.6. The van der Waals surface area contributed by atoms with Crippen molar-refractivity contribution in [3.05, 3.63) is 96.4 Å². The van der Waals surface area contributed by atoms with Crippen molar-refractivity contribution < 1.29 is 4.79 Å². The smallest absolute Gasteiger partial charge is 0.255 e. The van der Waals surface area contributed by atoms with Crippen molar-refractivity contribution in [2.24, 2.45) is 0 Å². The van der Waals surface area contributed by atoms with E-state index >= 15 is 0 Å². The number of aryl methyl sites for hydroxylation is 1. The predicted octanol–water partition coefficient (Wildman–Crippen LogP) is 4.84. The van der Waals surface area contributed by atoms with Crippen molar-refractivity contribution in [1.82, 2.24) is 15.0 Å². The number of amides is 1. The minimum atomic E-state index is -0.175. The minimum absolute atomic E-state index is 0.175. The van der Waals surface area contributed by atoms with E-state index in [1.54, 1.807) is 30.7 Å². The molecule has 2 aromatic heterocycles. The van der Waals surface area contributed by atoms with E-state index in [9.17, 15) is 4.79 Å². The molecule has 2 aromatic carbocycles. The molecule has 0 spiro atoms. The highest BCUT2D eigenvalue weighted by Crippen LogP contribution is 2.23. The summed E-state index contributed by atoms with van der Waals surface area (Å²) in [5.74, 6) is 0.286. The maximum atomic E-state index is 12.6. The average molecular weight is 381 g/mol. The average Bonchev–Trinajstić information content (AvgIpc) is 2.77. The highest BCUT2D eigenvalue weighted by atomic mass is 16.1. The van der Waals surface area contributed by atoms with Crippen LogP contribution in [0.3, 0.4) is 0 Å². The molecule has 4 aromatic rings. The zero-order valence-corrected chi connectivity index (χ0v) is 15.8. The van der Waals surface area contributed by atoms with Gasteiger partial charge in [-0.1, -0.05) is 24.3 Å². The molecule has 0 aliphatic heterocycles. The summed E-state index contributed by atoms with van der Waals surface area (Å²) >= 11 is 0. The van der Waals surface area contributed by atoms with Crippen LogP contribution in [0.4, 0.5) is 17.3 Å². The second-order valence-electron chi connectivity index (χ2n) is 6.48. The number of hydrogen-bond donors (Lipinski definition) is 2. The van der Waals surface area contributed by atoms with Crippen LogP contribution in [0.15, 0.2) is 85.3 Å². The first-order chi connectivity index (χ1) is 14.2. The lowest BCUT2D eigenvalue weighted by atomic mass is 10.1. The third-order valence-electron chi connectivity index (χ3n) is 4.41. The normalized spacial score (nSPS) is 10.4. The molecule has 0 saturated carbocycles. The summed E-state index contributed by atoms with van der Waals surface area (Å²) in [5.41, 5.74) is 4.81. The second kappa shape index (κ2) is 8.31. The Hall–Kier alpha value is -4.06. The van der Waals surface area contributed by atoms with Crippen molar-refractivity contribution in [3.8, 4) is 11.3 Å². The predicted molar refractivity (Wildman–Crippen MR) is 114 cm³/mol. The number of rotatable bonds is 5. The van der Waals surface area contributed by atoms with Crippen molar-refractivity contribution in [1.29, 1.82) is 0 Å². The number of pyridine rings is 1. The van der Waals surface area contributed by atoms with Gasteiger partial charge in [0.05, 0.1) is 5.69 Å². The number of nitrogens with zero attached hydrogens (tertiary/aromatic N) is 3. The monoisotopic (exact) mass is 381 g/mol. The molecule has 0 atom stereocenters. The van der Waals surface area contributed by atoms with Gasteiger partial charge in [-0.15, -0.1) is 0 Å². The first kappa shape index (κ1) is 18.3. The molecule has 6 nitrogen and oxygen atoms in total. The Morgan fingerprint density at radius 1 is 0.897 bits per heavy atom. The molecule has 0 radical (unpaired) electrons. The van der Waals surface area contributed by atoms with Gasteiger partial charge in [0.25, 0.3) is 5.91 Å². The van der Waals surface area contributed by atoms with Crippen LogP contribution in [0.5, 0.6) is 0 Å². The molecule has 142 valence electrons. The Kier molecular flexibility index (Phi) is 5.25. The van der Waals surface area contributed by atoms with E-state index in [-0.39, 0.29) is 5.91 Å². The van der Waals surface area contributed by atoms with E-state index in [0.717, 1.165) is 28.2 Å². The van der Waals surface area contributed by atoms with Crippen LogP contribution in [0.2, 0.25) is 0 Å². The first-order valence-electron chi connectivity index (χ1n) is 9.16. The summed E-state index contributed by atoms with van der Waals surface area (Å²) in [6, 6.07) is 20.5. The quantitative estimate of drug-likeness (QED) is 0.517. The van der Waals surface area contributed by atoms with Crippen LogP contribution < -0.4 is 10.6 Å². The minimum Gasteiger partial charge on any atom is -0.324 e. The van der Waals surface area contributed by atoms with Crippen LogP contribution in [-0.4, -0.2) is 20.9 Å². The van der Waals surface area contributed by atoms with Crippen molar-refractivity contribution in [2.75, 3.05) is 10.6 Å². The first-order valence-corrected chi connectivity index (χ1v) is 9.16. The molecule has 0 saturated heterocycles. The number of para-hydroxylation sites is 1. The van der Waals surface area contributed by atoms with Crippen molar-refractivity contribution >= 4 is 23.2 Å². The number of benzene rings is 2. The summed E-state index contributed by atoms with van der Waals surface area (Å²) < 4.78 is 0. The molecule has 0 bridgehead atoms. The summed E-state index contributed by atoms with van der Waals surface area (Å²) in [6.07, 6.45) is 5.15. The van der Waals surface area contributed by atoms with Crippen molar-refractivity contribution in [3.63, 3.8) is 0 Å². The SMILES string of the molecule is Cc1ccc(C(=O)Nc2ccccc2)cc1Nc1nccc(-c2ccncc2)n1. The molecule has 4 rings (SSSR count). The summed E-state index contributed by atoms with van der Waals surface area (Å²) in [7, 11) is 0. The molecule has 0 unspecified atom stereocenters. The lowest BCUT2D eigenvalue weighted by Crippen LogP contribution is -2.12. The largest absolute Gasteiger partial charge is 0.324 e. The number of anilines is 3. The number of carbonyl (C=O) groups is 1. The molecule has 1 amide bonds. The zero-order valence-electron chi connectivity index (χ0n) is 15.8. The molecule has 0 fully saturated rings. The Labute approximate surface area is 168 Å². The molecular weight excluding hydrogens is 362 g/mol. The summed E-state index contributed by atoms with van der Waals surface area (Å²) in [6.45, 7) is 1.97. The second-order valence-corrected chi connectivity index (χ2v) is 6.48. The molecule has 0 aliphatic rings. The molecular formula is C23H19N5O.